The van der Waals surface area contributed by atoms with Crippen molar-refractivity contribution < 1.29 is 0 Å². The molecule has 1 aliphatic heterocycles. The largest absolute Gasteiger partial charge is 0.307 e. The first-order chi connectivity index (χ1) is 15.7. The first-order valence-electron chi connectivity index (χ1n) is 10.9. The number of benzene rings is 4. The van der Waals surface area contributed by atoms with E-state index >= 15 is 0 Å². The van der Waals surface area contributed by atoms with Crippen LogP contribution in [0.3, 0.4) is 0 Å². The third-order valence-corrected chi connectivity index (χ3v) is 5.63. The van der Waals surface area contributed by atoms with Crippen LogP contribution >= 0.6 is 0 Å². The molecule has 0 saturated heterocycles. The van der Waals surface area contributed by atoms with Crippen LogP contribution in [0.5, 0.6) is 0 Å². The molecule has 0 bridgehead atoms. The molecule has 5 rings (SSSR count). The van der Waals surface area contributed by atoms with Gasteiger partial charge in [-0.3, -0.25) is 0 Å². The number of aliphatic imine (C=N–C) groups is 1. The molecule has 1 heterocycles. The Labute approximate surface area is 189 Å². The van der Waals surface area contributed by atoms with E-state index in [-0.39, 0.29) is 6.04 Å². The van der Waals surface area contributed by atoms with Gasteiger partial charge in [0.2, 0.25) is 0 Å². The molecule has 0 saturated carbocycles. The molecule has 32 heavy (non-hydrogen) atoms. The number of amidine groups is 1. The summed E-state index contributed by atoms with van der Waals surface area (Å²) < 4.78 is 0. The molecule has 1 atom stereocenters. The van der Waals surface area contributed by atoms with E-state index in [0.29, 0.717) is 0 Å². The predicted octanol–water partition coefficient (Wildman–Crippen LogP) is 6.99. The van der Waals surface area contributed by atoms with Crippen LogP contribution in [0.25, 0.3) is 0 Å². The highest BCUT2D eigenvalue weighted by molar-refractivity contribution is 6.13. The average molecular weight is 413 g/mol. The fourth-order valence-electron chi connectivity index (χ4n) is 4.11. The van der Waals surface area contributed by atoms with Crippen molar-refractivity contribution >= 4 is 17.2 Å². The second-order valence-electron chi connectivity index (χ2n) is 8.11. The monoisotopic (exact) mass is 412 g/mol. The van der Waals surface area contributed by atoms with E-state index in [1.54, 1.807) is 0 Å². The molecule has 0 aliphatic carbocycles. The predicted molar refractivity (Wildman–Crippen MR) is 134 cm³/mol. The summed E-state index contributed by atoms with van der Waals surface area (Å²) >= 11 is 0. The zero-order valence-corrected chi connectivity index (χ0v) is 18.3. The van der Waals surface area contributed by atoms with E-state index in [4.69, 9.17) is 4.99 Å². The molecule has 0 aromatic heterocycles. The standard InChI is InChI=1S/C30H24N2/c1-22-10-8-12-24(20-22)18-19-29-27-16-6-7-17-28(27)31-30(25-13-9-11-23(2)21-25)32(29)26-14-4-3-5-15-26/h3-17,20-21,29H,1-2H3. The maximum Gasteiger partial charge on any atom is 0.142 e. The molecule has 0 spiro atoms. The van der Waals surface area contributed by atoms with Crippen molar-refractivity contribution in [2.75, 3.05) is 4.90 Å². The number of hydrogen-bond donors (Lipinski definition) is 0. The maximum atomic E-state index is 5.11. The first-order valence-corrected chi connectivity index (χ1v) is 10.9. The van der Waals surface area contributed by atoms with Gasteiger partial charge in [-0.2, -0.15) is 0 Å². The lowest BCUT2D eigenvalue weighted by atomic mass is 9.97. The third kappa shape index (κ3) is 3.94. The molecule has 2 heteroatoms. The Balaban J connectivity index is 1.72. The quantitative estimate of drug-likeness (QED) is 0.324. The Morgan fingerprint density at radius 3 is 2.22 bits per heavy atom. The van der Waals surface area contributed by atoms with E-state index in [1.165, 1.54) is 11.1 Å². The molecule has 0 N–H and O–H groups in total. The summed E-state index contributed by atoms with van der Waals surface area (Å²) in [6, 6.07) is 35.5. The number of anilines is 1. The Hall–Kier alpha value is -4.09. The smallest absolute Gasteiger partial charge is 0.142 e. The molecule has 0 amide bonds. The van der Waals surface area contributed by atoms with Gasteiger partial charge < -0.3 is 4.90 Å². The molecular formula is C30H24N2. The Morgan fingerprint density at radius 2 is 1.44 bits per heavy atom. The minimum atomic E-state index is -0.151. The SMILES string of the molecule is Cc1cccc(C#CC2c3ccccc3N=C(c3cccc(C)c3)N2c2ccccc2)c1. The molecule has 1 unspecified atom stereocenters. The fraction of sp³-hybridized carbons (Fsp3) is 0.100. The van der Waals surface area contributed by atoms with Gasteiger partial charge in [-0.25, -0.2) is 4.99 Å². The number of hydrogen-bond acceptors (Lipinski definition) is 2. The van der Waals surface area contributed by atoms with Gasteiger partial charge in [0.15, 0.2) is 0 Å². The van der Waals surface area contributed by atoms with Gasteiger partial charge >= 0.3 is 0 Å². The van der Waals surface area contributed by atoms with Crippen LogP contribution in [0.2, 0.25) is 0 Å². The Morgan fingerprint density at radius 1 is 0.719 bits per heavy atom. The zero-order chi connectivity index (χ0) is 21.9. The van der Waals surface area contributed by atoms with Crippen molar-refractivity contribution in [2.45, 2.75) is 19.9 Å². The van der Waals surface area contributed by atoms with Crippen molar-refractivity contribution in [2.24, 2.45) is 4.99 Å². The van der Waals surface area contributed by atoms with Crippen LogP contribution in [-0.2, 0) is 0 Å². The lowest BCUT2D eigenvalue weighted by Gasteiger charge is -2.36. The summed E-state index contributed by atoms with van der Waals surface area (Å²) in [5, 5.41) is 0. The fourth-order valence-corrected chi connectivity index (χ4v) is 4.11. The normalized spacial score (nSPS) is 14.8. The highest BCUT2D eigenvalue weighted by Gasteiger charge is 2.30. The molecule has 0 fully saturated rings. The molecule has 154 valence electrons. The topological polar surface area (TPSA) is 15.6 Å². The van der Waals surface area contributed by atoms with Gasteiger partial charge in [0.1, 0.15) is 11.9 Å². The van der Waals surface area contributed by atoms with E-state index in [2.05, 4.69) is 122 Å². The van der Waals surface area contributed by atoms with Crippen LogP contribution in [-0.4, -0.2) is 5.84 Å². The summed E-state index contributed by atoms with van der Waals surface area (Å²) in [5.74, 6) is 7.93. The van der Waals surface area contributed by atoms with Crippen molar-refractivity contribution in [3.63, 3.8) is 0 Å². The van der Waals surface area contributed by atoms with Crippen LogP contribution < -0.4 is 4.90 Å². The number of fused-ring (bicyclic) bond motifs is 1. The lowest BCUT2D eigenvalue weighted by Crippen LogP contribution is -2.37. The first kappa shape index (κ1) is 19.8. The summed E-state index contributed by atoms with van der Waals surface area (Å²) in [6.07, 6.45) is 0. The summed E-state index contributed by atoms with van der Waals surface area (Å²) in [5.41, 5.74) is 7.70. The van der Waals surface area contributed by atoms with Crippen molar-refractivity contribution in [1.82, 2.24) is 0 Å². The summed E-state index contributed by atoms with van der Waals surface area (Å²) in [4.78, 5) is 7.37. The van der Waals surface area contributed by atoms with Crippen LogP contribution in [0.15, 0.2) is 108 Å². The second-order valence-corrected chi connectivity index (χ2v) is 8.11. The van der Waals surface area contributed by atoms with Gasteiger partial charge in [-0.05, 0) is 55.8 Å². The van der Waals surface area contributed by atoms with Crippen LogP contribution in [0.1, 0.15) is 33.9 Å². The van der Waals surface area contributed by atoms with Gasteiger partial charge in [-0.15, -0.1) is 0 Å². The molecule has 2 nitrogen and oxygen atoms in total. The van der Waals surface area contributed by atoms with Crippen molar-refractivity contribution in [1.29, 1.82) is 0 Å². The van der Waals surface area contributed by atoms with Gasteiger partial charge in [0.25, 0.3) is 0 Å². The van der Waals surface area contributed by atoms with Crippen molar-refractivity contribution in [3.05, 3.63) is 131 Å². The van der Waals surface area contributed by atoms with Gasteiger partial charge in [0, 0.05) is 22.4 Å². The maximum absolute atomic E-state index is 5.11. The zero-order valence-electron chi connectivity index (χ0n) is 18.3. The van der Waals surface area contributed by atoms with E-state index < -0.39 is 0 Å². The van der Waals surface area contributed by atoms with Gasteiger partial charge in [-0.1, -0.05) is 84.1 Å². The summed E-state index contributed by atoms with van der Waals surface area (Å²) in [6.45, 7) is 4.21. The molecule has 0 radical (unpaired) electrons. The second kappa shape index (κ2) is 8.57. The minimum Gasteiger partial charge on any atom is -0.307 e. The van der Waals surface area contributed by atoms with Gasteiger partial charge in [0.05, 0.1) is 5.69 Å². The molecular weight excluding hydrogens is 388 g/mol. The van der Waals surface area contributed by atoms with Crippen molar-refractivity contribution in [3.8, 4) is 11.8 Å². The highest BCUT2D eigenvalue weighted by Crippen LogP contribution is 2.39. The number of aryl methyl sites for hydroxylation is 2. The number of para-hydroxylation sites is 2. The number of nitrogens with zero attached hydrogens (tertiary/aromatic N) is 2. The minimum absolute atomic E-state index is 0.151. The van der Waals surface area contributed by atoms with Crippen LogP contribution in [0.4, 0.5) is 11.4 Å². The van der Waals surface area contributed by atoms with Crippen LogP contribution in [0, 0.1) is 25.7 Å². The number of rotatable bonds is 2. The van der Waals surface area contributed by atoms with E-state index in [0.717, 1.165) is 33.9 Å². The highest BCUT2D eigenvalue weighted by atomic mass is 15.2. The van der Waals surface area contributed by atoms with E-state index in [1.807, 2.05) is 12.1 Å². The molecule has 4 aromatic rings. The molecule has 4 aromatic carbocycles. The average Bonchev–Trinajstić information content (AvgIpc) is 2.82. The Bertz CT molecular complexity index is 1360. The van der Waals surface area contributed by atoms with E-state index in [9.17, 15) is 0 Å². The lowest BCUT2D eigenvalue weighted by molar-refractivity contribution is 0.882. The third-order valence-electron chi connectivity index (χ3n) is 5.63. The summed E-state index contributed by atoms with van der Waals surface area (Å²) in [7, 11) is 0. The Kier molecular flexibility index (Phi) is 5.32. The molecule has 1 aliphatic rings.